The van der Waals surface area contributed by atoms with Crippen LogP contribution < -0.4 is 15.4 Å². The number of hydrogen-bond acceptors (Lipinski definition) is 6. The van der Waals surface area contributed by atoms with Gasteiger partial charge in [0.1, 0.15) is 4.90 Å². The van der Waals surface area contributed by atoms with Crippen molar-refractivity contribution in [2.75, 3.05) is 5.32 Å². The van der Waals surface area contributed by atoms with Crippen LogP contribution in [0.1, 0.15) is 11.3 Å². The zero-order chi connectivity index (χ0) is 20.5. The molecule has 0 aliphatic heterocycles. The van der Waals surface area contributed by atoms with Crippen LogP contribution in [0, 0.1) is 24.0 Å². The minimum absolute atomic E-state index is 0.137. The van der Waals surface area contributed by atoms with Crippen LogP contribution in [0.2, 0.25) is 0 Å². The van der Waals surface area contributed by atoms with Crippen LogP contribution >= 0.6 is 0 Å². The summed E-state index contributed by atoms with van der Waals surface area (Å²) in [5.74, 6) is -0.165. The second kappa shape index (κ2) is 7.19. The van der Waals surface area contributed by atoms with Crippen molar-refractivity contribution >= 4 is 38.5 Å². The number of nitro groups is 1. The second-order valence-electron chi connectivity index (χ2n) is 6.05. The van der Waals surface area contributed by atoms with Crippen molar-refractivity contribution in [3.05, 3.63) is 63.8 Å². The molecule has 28 heavy (non-hydrogen) atoms. The summed E-state index contributed by atoms with van der Waals surface area (Å²) in [5, 5.41) is 14.2. The number of benzene rings is 2. The monoisotopic (exact) mass is 401 g/mol. The van der Waals surface area contributed by atoms with E-state index < -0.39 is 14.9 Å². The van der Waals surface area contributed by atoms with Crippen molar-refractivity contribution in [3.63, 3.8) is 0 Å². The van der Waals surface area contributed by atoms with Crippen LogP contribution in [0.25, 0.3) is 10.9 Å². The van der Waals surface area contributed by atoms with E-state index in [1.165, 1.54) is 0 Å². The minimum atomic E-state index is -4.03. The van der Waals surface area contributed by atoms with Gasteiger partial charge in [0.25, 0.3) is 11.6 Å². The summed E-state index contributed by atoms with van der Waals surface area (Å²) in [7, 11) is -4.03. The summed E-state index contributed by atoms with van der Waals surface area (Å²) in [6.07, 6.45) is 0. The molecule has 0 radical (unpaired) electrons. The average Bonchev–Trinajstić information content (AvgIpc) is 2.62. The maximum atomic E-state index is 12.4. The van der Waals surface area contributed by atoms with Gasteiger partial charge in [-0.25, -0.2) is 10.3 Å². The van der Waals surface area contributed by atoms with Crippen LogP contribution in [0.5, 0.6) is 0 Å². The molecule has 0 bridgehead atoms. The van der Waals surface area contributed by atoms with E-state index in [-0.39, 0.29) is 22.5 Å². The maximum absolute atomic E-state index is 12.4. The molecule has 0 saturated heterocycles. The first-order valence-corrected chi connectivity index (χ1v) is 9.56. The predicted molar refractivity (Wildman–Crippen MR) is 103 cm³/mol. The van der Waals surface area contributed by atoms with Crippen LogP contribution in [0.15, 0.2) is 47.4 Å². The molecule has 0 fully saturated rings. The van der Waals surface area contributed by atoms with Crippen molar-refractivity contribution in [2.24, 2.45) is 5.73 Å². The van der Waals surface area contributed by atoms with E-state index in [1.54, 1.807) is 0 Å². The van der Waals surface area contributed by atoms with E-state index in [2.05, 4.69) is 19.7 Å². The van der Waals surface area contributed by atoms with Crippen molar-refractivity contribution < 1.29 is 17.7 Å². The van der Waals surface area contributed by atoms with E-state index in [0.717, 1.165) is 35.2 Å². The molecule has 0 unspecified atom stereocenters. The molecule has 0 amide bonds. The van der Waals surface area contributed by atoms with Crippen LogP contribution in [-0.2, 0) is 10.0 Å². The fraction of sp³-hybridized carbons (Fsp3) is 0.118. The first kappa shape index (κ1) is 19.2. The maximum Gasteiger partial charge on any atom is 0.363 e. The third kappa shape index (κ3) is 4.04. The summed E-state index contributed by atoms with van der Waals surface area (Å²) in [6, 6.07) is 10.1. The van der Waals surface area contributed by atoms with Gasteiger partial charge in [-0.05, 0) is 38.1 Å². The Morgan fingerprint density at radius 1 is 1.14 bits per heavy atom. The number of aromatic nitrogens is 2. The number of rotatable bonds is 4. The average molecular weight is 401 g/mol. The molecule has 0 saturated carbocycles. The highest BCUT2D eigenvalue weighted by Gasteiger charge is 2.18. The standard InChI is InChI=1S/C17H16N6O4S/c1-10-3-8-15-14(9-10)11(2)19-17(20-15)21-16(18)22-28(26,27)13-6-4-12(5-7-13)23(24)25/h3-9H,1-2H3,(H3,18,19,20,21,22)/p+1. The Morgan fingerprint density at radius 3 is 2.46 bits per heavy atom. The van der Waals surface area contributed by atoms with Gasteiger partial charge in [-0.3, -0.25) is 15.8 Å². The van der Waals surface area contributed by atoms with Crippen molar-refractivity contribution in [1.82, 2.24) is 9.97 Å². The summed E-state index contributed by atoms with van der Waals surface area (Å²) in [6.45, 7) is 3.77. The lowest BCUT2D eigenvalue weighted by molar-refractivity contribution is -0.384. The fourth-order valence-corrected chi connectivity index (χ4v) is 3.50. The number of guanidine groups is 1. The quantitative estimate of drug-likeness (QED) is 0.245. The van der Waals surface area contributed by atoms with Gasteiger partial charge in [0, 0.05) is 17.5 Å². The molecule has 11 heteroatoms. The predicted octanol–water partition coefficient (Wildman–Crippen LogP) is 0.351. The van der Waals surface area contributed by atoms with Crippen LogP contribution in [-0.4, -0.2) is 29.3 Å². The van der Waals surface area contributed by atoms with Gasteiger partial charge >= 0.3 is 16.0 Å². The molecule has 1 heterocycles. The Kier molecular flexibility index (Phi) is 4.92. The molecular formula is C17H17N6O4S+. The lowest BCUT2D eigenvalue weighted by atomic mass is 10.1. The number of nitrogens with zero attached hydrogens (tertiary/aromatic N) is 3. The Hall–Kier alpha value is -3.60. The number of nitro benzene ring substituents is 1. The van der Waals surface area contributed by atoms with Crippen molar-refractivity contribution in [1.29, 1.82) is 0 Å². The zero-order valence-electron chi connectivity index (χ0n) is 15.0. The van der Waals surface area contributed by atoms with E-state index in [1.807, 2.05) is 32.0 Å². The summed E-state index contributed by atoms with van der Waals surface area (Å²) in [5.41, 5.74) is 8.00. The van der Waals surface area contributed by atoms with Crippen LogP contribution in [0.4, 0.5) is 11.6 Å². The van der Waals surface area contributed by atoms with Gasteiger partial charge in [-0.15, -0.1) is 0 Å². The van der Waals surface area contributed by atoms with Crippen molar-refractivity contribution in [2.45, 2.75) is 18.7 Å². The lowest BCUT2D eigenvalue weighted by Crippen LogP contribution is -2.80. The minimum Gasteiger partial charge on any atom is -0.290 e. The van der Waals surface area contributed by atoms with Gasteiger partial charge in [-0.2, -0.15) is 17.8 Å². The van der Waals surface area contributed by atoms with Gasteiger partial charge in [0.05, 0.1) is 16.1 Å². The van der Waals surface area contributed by atoms with E-state index >= 15 is 0 Å². The highest BCUT2D eigenvalue weighted by atomic mass is 32.2. The summed E-state index contributed by atoms with van der Waals surface area (Å²) in [4.78, 5) is 18.5. The molecule has 144 valence electrons. The zero-order valence-corrected chi connectivity index (χ0v) is 15.8. The molecule has 0 aliphatic carbocycles. The highest BCUT2D eigenvalue weighted by molar-refractivity contribution is 7.84. The molecule has 0 aliphatic rings. The first-order valence-electron chi connectivity index (χ1n) is 8.07. The Balaban J connectivity index is 1.88. The van der Waals surface area contributed by atoms with Crippen molar-refractivity contribution in [3.8, 4) is 0 Å². The highest BCUT2D eigenvalue weighted by Crippen LogP contribution is 2.18. The third-order valence-electron chi connectivity index (χ3n) is 3.89. The largest absolute Gasteiger partial charge is 0.363 e. The number of non-ortho nitro benzene ring substituents is 1. The molecule has 1 aromatic heterocycles. The molecule has 3 rings (SSSR count). The third-order valence-corrected chi connectivity index (χ3v) is 5.27. The molecular weight excluding hydrogens is 384 g/mol. The van der Waals surface area contributed by atoms with Gasteiger partial charge in [0.15, 0.2) is 0 Å². The number of anilines is 1. The first-order chi connectivity index (χ1) is 13.2. The fourth-order valence-electron chi connectivity index (χ4n) is 2.55. The van der Waals surface area contributed by atoms with Gasteiger partial charge < -0.3 is 0 Å². The number of aryl methyl sites for hydroxylation is 2. The topological polar surface area (TPSA) is 155 Å². The Bertz CT molecular complexity index is 1210. The second-order valence-corrected chi connectivity index (χ2v) is 7.73. The van der Waals surface area contributed by atoms with Gasteiger partial charge in [-0.1, -0.05) is 11.6 Å². The lowest BCUT2D eigenvalue weighted by Gasteiger charge is -2.05. The van der Waals surface area contributed by atoms with Crippen LogP contribution in [0.3, 0.4) is 0 Å². The number of fused-ring (bicyclic) bond motifs is 1. The number of nitrogens with two attached hydrogens (primary N) is 1. The smallest absolute Gasteiger partial charge is 0.290 e. The SMILES string of the molecule is Cc1ccc2nc(NC(N)=[NH+]S(=O)(=O)c3ccc([N+](=O)[O-])cc3)nc(C)c2c1. The number of nitrogens with one attached hydrogen (secondary N) is 2. The number of hydrogen-bond donors (Lipinski definition) is 3. The molecule has 10 nitrogen and oxygen atoms in total. The molecule has 3 aromatic rings. The molecule has 0 spiro atoms. The Morgan fingerprint density at radius 2 is 1.82 bits per heavy atom. The Labute approximate surface area is 160 Å². The molecule has 0 atom stereocenters. The summed E-state index contributed by atoms with van der Waals surface area (Å²) < 4.78 is 26.9. The van der Waals surface area contributed by atoms with E-state index in [0.29, 0.717) is 11.2 Å². The number of sulfonamides is 1. The van der Waals surface area contributed by atoms with E-state index in [9.17, 15) is 18.5 Å². The normalized spacial score (nSPS) is 12.1. The molecule has 4 N–H and O–H groups in total. The summed E-state index contributed by atoms with van der Waals surface area (Å²) >= 11 is 0. The van der Waals surface area contributed by atoms with Gasteiger partial charge in [0.2, 0.25) is 0 Å². The molecule has 2 aromatic carbocycles. The van der Waals surface area contributed by atoms with E-state index in [4.69, 9.17) is 5.73 Å².